The molecule has 2 aliphatic heterocycles. The second-order valence-corrected chi connectivity index (χ2v) is 12.9. The minimum absolute atomic E-state index is 0.140. The molecule has 0 N–H and O–H groups in total. The summed E-state index contributed by atoms with van der Waals surface area (Å²) in [5.41, 5.74) is 2.90. The molecule has 1 saturated heterocycles. The number of rotatable bonds is 3. The van der Waals surface area contributed by atoms with Gasteiger partial charge in [-0.05, 0) is 93.9 Å². The van der Waals surface area contributed by atoms with Crippen molar-refractivity contribution in [2.24, 2.45) is 17.3 Å². The van der Waals surface area contributed by atoms with Gasteiger partial charge in [0.15, 0.2) is 0 Å². The predicted molar refractivity (Wildman–Crippen MR) is 136 cm³/mol. The van der Waals surface area contributed by atoms with Crippen LogP contribution in [-0.2, 0) is 23.2 Å². The fourth-order valence-corrected chi connectivity index (χ4v) is 9.27. The lowest BCUT2D eigenvalue weighted by Crippen LogP contribution is -2.60. The molecule has 4 saturated carbocycles. The summed E-state index contributed by atoms with van der Waals surface area (Å²) in [4.78, 5) is 16.7. The fourth-order valence-electron chi connectivity index (χ4n) is 9.27. The van der Waals surface area contributed by atoms with Crippen LogP contribution in [0.4, 0.5) is 0 Å². The zero-order valence-corrected chi connectivity index (χ0v) is 21.3. The molecule has 3 atom stereocenters. The zero-order valence-electron chi connectivity index (χ0n) is 21.3. The molecular formula is C30H40N4O. The van der Waals surface area contributed by atoms with Gasteiger partial charge in [0, 0.05) is 32.0 Å². The number of hydrogen-bond acceptors (Lipinski definition) is 3. The van der Waals surface area contributed by atoms with E-state index in [1.807, 2.05) is 0 Å². The van der Waals surface area contributed by atoms with Crippen LogP contribution < -0.4 is 0 Å². The Hall–Kier alpha value is -2.17. The Bertz CT molecular complexity index is 1100. The molecule has 186 valence electrons. The molecular weight excluding hydrogens is 432 g/mol. The molecule has 0 spiro atoms. The van der Waals surface area contributed by atoms with Gasteiger partial charge >= 0.3 is 0 Å². The second kappa shape index (κ2) is 8.18. The summed E-state index contributed by atoms with van der Waals surface area (Å²) in [6.45, 7) is 4.99. The van der Waals surface area contributed by atoms with Crippen LogP contribution in [0.5, 0.6) is 0 Å². The first kappa shape index (κ1) is 22.1. The Morgan fingerprint density at radius 3 is 2.54 bits per heavy atom. The van der Waals surface area contributed by atoms with E-state index in [1.54, 1.807) is 0 Å². The number of carbonyl (C=O) groups excluding carboxylic acids is 1. The first-order chi connectivity index (χ1) is 17.0. The van der Waals surface area contributed by atoms with Gasteiger partial charge in [-0.25, -0.2) is 0 Å². The molecule has 3 unspecified atom stereocenters. The van der Waals surface area contributed by atoms with Crippen molar-refractivity contribution < 1.29 is 4.79 Å². The molecule has 2 aromatic rings. The fraction of sp³-hybridized carbons (Fsp3) is 0.700. The summed E-state index contributed by atoms with van der Waals surface area (Å²) in [5.74, 6) is 4.57. The van der Waals surface area contributed by atoms with E-state index < -0.39 is 0 Å². The molecule has 5 fully saturated rings. The van der Waals surface area contributed by atoms with Gasteiger partial charge in [0.05, 0.1) is 5.41 Å². The topological polar surface area (TPSA) is 51.0 Å². The second-order valence-electron chi connectivity index (χ2n) is 12.9. The van der Waals surface area contributed by atoms with Crippen LogP contribution in [0.1, 0.15) is 99.3 Å². The Balaban J connectivity index is 1.16. The zero-order chi connectivity index (χ0) is 23.6. The van der Waals surface area contributed by atoms with E-state index in [2.05, 4.69) is 50.9 Å². The Kier molecular flexibility index (Phi) is 5.15. The molecule has 0 radical (unpaired) electrons. The SMILES string of the molecule is Cc1ccc(C23CC4CC(CC(C(=O)N5CCCC(c6nnc7n6CCCCC7)C5)(C4)C2)C3)cc1. The van der Waals surface area contributed by atoms with E-state index in [0.717, 1.165) is 64.0 Å². The molecule has 8 rings (SSSR count). The number of aromatic nitrogens is 3. The Morgan fingerprint density at radius 2 is 1.74 bits per heavy atom. The highest BCUT2D eigenvalue weighted by Gasteiger charge is 2.61. The average Bonchev–Trinajstić information content (AvgIpc) is 3.11. The summed E-state index contributed by atoms with van der Waals surface area (Å²) < 4.78 is 2.41. The maximum absolute atomic E-state index is 14.4. The number of likely N-dealkylation sites (tertiary alicyclic amines) is 1. The Labute approximate surface area is 209 Å². The summed E-state index contributed by atoms with van der Waals surface area (Å²) in [6.07, 6.45) is 14.2. The van der Waals surface area contributed by atoms with Crippen LogP contribution in [0, 0.1) is 24.2 Å². The number of amides is 1. The maximum Gasteiger partial charge on any atom is 0.228 e. The number of piperidine rings is 1. The highest BCUT2D eigenvalue weighted by atomic mass is 16.2. The van der Waals surface area contributed by atoms with Gasteiger partial charge in [-0.1, -0.05) is 36.2 Å². The first-order valence-corrected chi connectivity index (χ1v) is 14.3. The highest BCUT2D eigenvalue weighted by Crippen LogP contribution is 2.66. The van der Waals surface area contributed by atoms with E-state index >= 15 is 0 Å². The van der Waals surface area contributed by atoms with Crippen molar-refractivity contribution in [1.82, 2.24) is 19.7 Å². The van der Waals surface area contributed by atoms with Crippen LogP contribution in [0.3, 0.4) is 0 Å². The summed E-state index contributed by atoms with van der Waals surface area (Å²) in [5, 5.41) is 9.26. The molecule has 3 heterocycles. The smallest absolute Gasteiger partial charge is 0.228 e. The van der Waals surface area contributed by atoms with Gasteiger partial charge in [-0.2, -0.15) is 0 Å². The van der Waals surface area contributed by atoms with Crippen molar-refractivity contribution >= 4 is 5.91 Å². The minimum Gasteiger partial charge on any atom is -0.341 e. The van der Waals surface area contributed by atoms with Crippen molar-refractivity contribution in [3.8, 4) is 0 Å². The number of aryl methyl sites for hydroxylation is 2. The highest BCUT2D eigenvalue weighted by molar-refractivity contribution is 5.84. The van der Waals surface area contributed by atoms with Crippen LogP contribution in [0.25, 0.3) is 0 Å². The average molecular weight is 473 g/mol. The number of nitrogens with zero attached hydrogens (tertiary/aromatic N) is 4. The minimum atomic E-state index is -0.140. The van der Waals surface area contributed by atoms with E-state index in [0.29, 0.717) is 23.7 Å². The number of carbonyl (C=O) groups is 1. The van der Waals surface area contributed by atoms with E-state index in [1.165, 1.54) is 55.5 Å². The summed E-state index contributed by atoms with van der Waals surface area (Å²) >= 11 is 0. The van der Waals surface area contributed by atoms with Crippen molar-refractivity contribution in [2.75, 3.05) is 13.1 Å². The third kappa shape index (κ3) is 3.59. The van der Waals surface area contributed by atoms with Gasteiger partial charge in [-0.3, -0.25) is 4.79 Å². The van der Waals surface area contributed by atoms with Gasteiger partial charge in [0.1, 0.15) is 11.6 Å². The van der Waals surface area contributed by atoms with Crippen LogP contribution >= 0.6 is 0 Å². The van der Waals surface area contributed by atoms with Gasteiger partial charge in [0.25, 0.3) is 0 Å². The molecule has 5 nitrogen and oxygen atoms in total. The molecule has 4 bridgehead atoms. The summed E-state index contributed by atoms with van der Waals surface area (Å²) in [6, 6.07) is 9.29. The lowest BCUT2D eigenvalue weighted by molar-refractivity contribution is -0.161. The van der Waals surface area contributed by atoms with Crippen LogP contribution in [-0.4, -0.2) is 38.7 Å². The van der Waals surface area contributed by atoms with E-state index in [9.17, 15) is 4.79 Å². The molecule has 4 aliphatic carbocycles. The third-order valence-corrected chi connectivity index (χ3v) is 10.4. The van der Waals surface area contributed by atoms with Crippen molar-refractivity contribution in [3.05, 3.63) is 47.0 Å². The van der Waals surface area contributed by atoms with Crippen molar-refractivity contribution in [3.63, 3.8) is 0 Å². The first-order valence-electron chi connectivity index (χ1n) is 14.3. The largest absolute Gasteiger partial charge is 0.341 e. The molecule has 1 aromatic heterocycles. The lowest BCUT2D eigenvalue weighted by Gasteiger charge is -2.62. The van der Waals surface area contributed by atoms with Crippen molar-refractivity contribution in [2.45, 2.75) is 102 Å². The molecule has 35 heavy (non-hydrogen) atoms. The number of hydrogen-bond donors (Lipinski definition) is 0. The van der Waals surface area contributed by atoms with Gasteiger partial charge < -0.3 is 9.47 Å². The van der Waals surface area contributed by atoms with Gasteiger partial charge in [-0.15, -0.1) is 10.2 Å². The predicted octanol–water partition coefficient (Wildman–Crippen LogP) is 5.56. The number of fused-ring (bicyclic) bond motifs is 1. The van der Waals surface area contributed by atoms with Crippen LogP contribution in [0.15, 0.2) is 24.3 Å². The quantitative estimate of drug-likeness (QED) is 0.588. The molecule has 5 heteroatoms. The third-order valence-electron chi connectivity index (χ3n) is 10.4. The van der Waals surface area contributed by atoms with Gasteiger partial charge in [0.2, 0.25) is 5.91 Å². The van der Waals surface area contributed by atoms with E-state index in [4.69, 9.17) is 0 Å². The normalized spacial score (nSPS) is 36.1. The summed E-state index contributed by atoms with van der Waals surface area (Å²) in [7, 11) is 0. The number of benzene rings is 1. The van der Waals surface area contributed by atoms with Crippen LogP contribution in [0.2, 0.25) is 0 Å². The standard InChI is InChI=1S/C30H40N4O/c1-21-8-10-25(11-9-21)29-15-22-14-23(16-29)18-30(17-22,20-29)28(35)33-12-5-6-24(19-33)27-32-31-26-7-3-2-4-13-34(26)27/h8-11,22-24H,2-7,12-20H2,1H3. The van der Waals surface area contributed by atoms with E-state index in [-0.39, 0.29) is 10.8 Å². The molecule has 1 amide bonds. The Morgan fingerprint density at radius 1 is 0.943 bits per heavy atom. The maximum atomic E-state index is 14.4. The molecule has 6 aliphatic rings. The monoisotopic (exact) mass is 472 g/mol. The van der Waals surface area contributed by atoms with Crippen molar-refractivity contribution in [1.29, 1.82) is 0 Å². The molecule has 1 aromatic carbocycles. The lowest BCUT2D eigenvalue weighted by atomic mass is 9.42.